The van der Waals surface area contributed by atoms with E-state index in [1.165, 1.54) is 10.8 Å². The van der Waals surface area contributed by atoms with Crippen LogP contribution in [0.25, 0.3) is 106 Å². The van der Waals surface area contributed by atoms with Gasteiger partial charge in [-0.25, -0.2) is 15.0 Å². The first-order chi connectivity index (χ1) is 25.3. The van der Waals surface area contributed by atoms with Crippen molar-refractivity contribution < 1.29 is 8.83 Å². The van der Waals surface area contributed by atoms with Gasteiger partial charge in [0.05, 0.1) is 11.0 Å². The fourth-order valence-electron chi connectivity index (χ4n) is 7.64. The molecule has 0 amide bonds. The maximum Gasteiger partial charge on any atom is 0.164 e. The zero-order valence-electron chi connectivity index (χ0n) is 27.1. The van der Waals surface area contributed by atoms with Crippen molar-refractivity contribution in [3.8, 4) is 39.9 Å². The molecule has 11 rings (SSSR count). The van der Waals surface area contributed by atoms with Gasteiger partial charge in [-0.1, -0.05) is 109 Å². The summed E-state index contributed by atoms with van der Waals surface area (Å²) in [6.07, 6.45) is 0. The summed E-state index contributed by atoms with van der Waals surface area (Å²) in [6, 6.07) is 53.8. The standard InChI is InChI=1S/C45H26N4O2/c1-2-12-27(13-3-1)43-46-44(32-17-10-22-39-41(32)31-16-6-9-21-37(31)50-39)48-45(47-43)33-18-11-23-40-42(33)34-26-28(24-25-38(34)51-40)49-35-19-7-4-14-29(35)30-15-5-8-20-36(30)49/h1-26H. The minimum Gasteiger partial charge on any atom is -0.456 e. The number of hydrogen-bond donors (Lipinski definition) is 0. The van der Waals surface area contributed by atoms with Crippen LogP contribution in [0.3, 0.4) is 0 Å². The van der Waals surface area contributed by atoms with Gasteiger partial charge in [-0.05, 0) is 48.5 Å². The Morgan fingerprint density at radius 3 is 1.55 bits per heavy atom. The molecule has 0 bridgehead atoms. The summed E-state index contributed by atoms with van der Waals surface area (Å²) in [5.41, 5.74) is 9.21. The van der Waals surface area contributed by atoms with Crippen LogP contribution < -0.4 is 0 Å². The molecule has 0 saturated carbocycles. The van der Waals surface area contributed by atoms with Crippen LogP contribution in [-0.4, -0.2) is 19.5 Å². The van der Waals surface area contributed by atoms with E-state index in [1.807, 2.05) is 72.8 Å². The van der Waals surface area contributed by atoms with E-state index in [-0.39, 0.29) is 0 Å². The first kappa shape index (κ1) is 27.9. The minimum atomic E-state index is 0.569. The number of aromatic nitrogens is 4. The van der Waals surface area contributed by atoms with Gasteiger partial charge in [0.2, 0.25) is 0 Å². The van der Waals surface area contributed by atoms with E-state index < -0.39 is 0 Å². The highest BCUT2D eigenvalue weighted by molar-refractivity contribution is 6.14. The highest BCUT2D eigenvalue weighted by Gasteiger charge is 2.21. The minimum absolute atomic E-state index is 0.569. The Hall–Kier alpha value is -7.05. The quantitative estimate of drug-likeness (QED) is 0.189. The van der Waals surface area contributed by atoms with Crippen molar-refractivity contribution >= 4 is 65.7 Å². The molecule has 0 spiro atoms. The van der Waals surface area contributed by atoms with E-state index >= 15 is 0 Å². The van der Waals surface area contributed by atoms with E-state index in [4.69, 9.17) is 23.8 Å². The summed E-state index contributed by atoms with van der Waals surface area (Å²) in [7, 11) is 0. The third-order valence-electron chi connectivity index (χ3n) is 9.87. The van der Waals surface area contributed by atoms with Crippen LogP contribution in [0.15, 0.2) is 167 Å². The number of para-hydroxylation sites is 3. The van der Waals surface area contributed by atoms with Crippen molar-refractivity contribution in [1.82, 2.24) is 19.5 Å². The molecular weight excluding hydrogens is 629 g/mol. The van der Waals surface area contributed by atoms with Gasteiger partial charge < -0.3 is 13.4 Å². The highest BCUT2D eigenvalue weighted by atomic mass is 16.3. The molecule has 0 aliphatic carbocycles. The molecular formula is C45H26N4O2. The summed E-state index contributed by atoms with van der Waals surface area (Å²) in [4.78, 5) is 15.4. The lowest BCUT2D eigenvalue weighted by molar-refractivity contribution is 0.668. The van der Waals surface area contributed by atoms with Crippen LogP contribution in [-0.2, 0) is 0 Å². The lowest BCUT2D eigenvalue weighted by Gasteiger charge is -2.10. The fraction of sp³-hybridized carbons (Fsp3) is 0. The number of furan rings is 2. The second-order valence-corrected chi connectivity index (χ2v) is 12.8. The predicted molar refractivity (Wildman–Crippen MR) is 205 cm³/mol. The van der Waals surface area contributed by atoms with Gasteiger partial charge in [0.1, 0.15) is 22.3 Å². The second-order valence-electron chi connectivity index (χ2n) is 12.8. The average molecular weight is 655 g/mol. The van der Waals surface area contributed by atoms with Gasteiger partial charge >= 0.3 is 0 Å². The summed E-state index contributed by atoms with van der Waals surface area (Å²) in [6.45, 7) is 0. The van der Waals surface area contributed by atoms with Gasteiger partial charge in [-0.3, -0.25) is 0 Å². The normalized spacial score (nSPS) is 11.9. The predicted octanol–water partition coefficient (Wildman–Crippen LogP) is 11.8. The zero-order valence-corrected chi connectivity index (χ0v) is 27.1. The van der Waals surface area contributed by atoms with E-state index in [0.29, 0.717) is 17.5 Å². The maximum atomic E-state index is 6.49. The van der Waals surface area contributed by atoms with E-state index in [2.05, 4.69) is 89.5 Å². The topological polar surface area (TPSA) is 69.9 Å². The number of nitrogens with zero attached hydrogens (tertiary/aromatic N) is 4. The Balaban J connectivity index is 1.18. The number of benzene rings is 7. The first-order valence-electron chi connectivity index (χ1n) is 16.9. The van der Waals surface area contributed by atoms with E-state index in [9.17, 15) is 0 Å². The lowest BCUT2D eigenvalue weighted by Crippen LogP contribution is -2.00. The molecule has 11 aromatic rings. The molecule has 6 heteroatoms. The number of rotatable bonds is 4. The smallest absolute Gasteiger partial charge is 0.164 e. The number of hydrogen-bond acceptors (Lipinski definition) is 5. The fourth-order valence-corrected chi connectivity index (χ4v) is 7.64. The average Bonchev–Trinajstić information content (AvgIpc) is 3.87. The van der Waals surface area contributed by atoms with Crippen LogP contribution in [0.4, 0.5) is 0 Å². The van der Waals surface area contributed by atoms with Gasteiger partial charge in [-0.2, -0.15) is 0 Å². The van der Waals surface area contributed by atoms with Gasteiger partial charge in [0.25, 0.3) is 0 Å². The molecule has 0 aliphatic rings. The van der Waals surface area contributed by atoms with Crippen molar-refractivity contribution in [2.24, 2.45) is 0 Å². The summed E-state index contributed by atoms with van der Waals surface area (Å²) in [5.74, 6) is 1.74. The van der Waals surface area contributed by atoms with Crippen LogP contribution >= 0.6 is 0 Å². The molecule has 0 N–H and O–H groups in total. The Morgan fingerprint density at radius 1 is 0.373 bits per heavy atom. The Labute approximate surface area is 290 Å². The van der Waals surface area contributed by atoms with Crippen LogP contribution in [0.5, 0.6) is 0 Å². The molecule has 0 radical (unpaired) electrons. The van der Waals surface area contributed by atoms with Crippen LogP contribution in [0, 0.1) is 0 Å². The summed E-state index contributed by atoms with van der Waals surface area (Å²) < 4.78 is 15.1. The van der Waals surface area contributed by atoms with Crippen molar-refractivity contribution in [2.75, 3.05) is 0 Å². The first-order valence-corrected chi connectivity index (χ1v) is 16.9. The van der Waals surface area contributed by atoms with Crippen molar-refractivity contribution in [2.45, 2.75) is 0 Å². The molecule has 0 fully saturated rings. The molecule has 238 valence electrons. The summed E-state index contributed by atoms with van der Waals surface area (Å²) in [5, 5.41) is 6.39. The van der Waals surface area contributed by atoms with Crippen molar-refractivity contribution in [1.29, 1.82) is 0 Å². The van der Waals surface area contributed by atoms with Gasteiger partial charge in [0, 0.05) is 54.7 Å². The Morgan fingerprint density at radius 2 is 0.882 bits per heavy atom. The van der Waals surface area contributed by atoms with Crippen molar-refractivity contribution in [3.05, 3.63) is 158 Å². The van der Waals surface area contributed by atoms with Crippen LogP contribution in [0.1, 0.15) is 0 Å². The Bertz CT molecular complexity index is 3100. The molecule has 0 atom stereocenters. The van der Waals surface area contributed by atoms with Gasteiger partial charge in [-0.15, -0.1) is 0 Å². The Kier molecular flexibility index (Phi) is 5.86. The second kappa shape index (κ2) is 10.7. The number of fused-ring (bicyclic) bond motifs is 9. The van der Waals surface area contributed by atoms with Crippen molar-refractivity contribution in [3.63, 3.8) is 0 Å². The largest absolute Gasteiger partial charge is 0.456 e. The van der Waals surface area contributed by atoms with Gasteiger partial charge in [0.15, 0.2) is 17.5 Å². The highest BCUT2D eigenvalue weighted by Crippen LogP contribution is 2.40. The molecule has 4 heterocycles. The summed E-state index contributed by atoms with van der Waals surface area (Å²) >= 11 is 0. The zero-order chi connectivity index (χ0) is 33.5. The molecule has 0 saturated heterocycles. The molecule has 4 aromatic heterocycles. The lowest BCUT2D eigenvalue weighted by atomic mass is 10.0. The van der Waals surface area contributed by atoms with Crippen LogP contribution in [0.2, 0.25) is 0 Å². The maximum absolute atomic E-state index is 6.49. The van der Waals surface area contributed by atoms with E-state index in [0.717, 1.165) is 77.3 Å². The molecule has 7 aromatic carbocycles. The molecule has 0 unspecified atom stereocenters. The molecule has 0 aliphatic heterocycles. The monoisotopic (exact) mass is 654 g/mol. The third-order valence-corrected chi connectivity index (χ3v) is 9.87. The third kappa shape index (κ3) is 4.20. The molecule has 51 heavy (non-hydrogen) atoms. The van der Waals surface area contributed by atoms with E-state index in [1.54, 1.807) is 0 Å². The SMILES string of the molecule is c1ccc(-c2nc(-c3cccc4oc5ccccc5c34)nc(-c3cccc4oc5ccc(-n6c7ccccc7c7ccccc76)cc5c34)n2)cc1. The molecule has 6 nitrogen and oxygen atoms in total.